The van der Waals surface area contributed by atoms with Crippen molar-refractivity contribution in [1.82, 2.24) is 5.32 Å². The van der Waals surface area contributed by atoms with E-state index in [0.29, 0.717) is 6.61 Å². The molecule has 0 amide bonds. The van der Waals surface area contributed by atoms with E-state index in [4.69, 9.17) is 4.74 Å². The molecule has 2 aromatic carbocycles. The van der Waals surface area contributed by atoms with E-state index in [2.05, 4.69) is 23.5 Å². The van der Waals surface area contributed by atoms with Crippen LogP contribution in [0.3, 0.4) is 0 Å². The fourth-order valence-corrected chi connectivity index (χ4v) is 2.94. The molecule has 1 aliphatic heterocycles. The standard InChI is InChI=1S/C18H21NO2/c1-2-21-15-9-7-14(8-10-15)18(20)17-16-6-4-3-5-13(16)11-12-19-17/h3-10,17-20H,2,11-12H2,1H3. The predicted molar refractivity (Wildman–Crippen MR) is 83.5 cm³/mol. The van der Waals surface area contributed by atoms with E-state index in [-0.39, 0.29) is 6.04 Å². The number of benzene rings is 2. The summed E-state index contributed by atoms with van der Waals surface area (Å²) in [4.78, 5) is 0. The molecule has 2 atom stereocenters. The molecule has 2 N–H and O–H groups in total. The van der Waals surface area contributed by atoms with Gasteiger partial charge in [0.1, 0.15) is 5.75 Å². The first-order valence-electron chi connectivity index (χ1n) is 7.51. The van der Waals surface area contributed by atoms with Crippen LogP contribution in [-0.2, 0) is 6.42 Å². The summed E-state index contributed by atoms with van der Waals surface area (Å²) < 4.78 is 5.45. The summed E-state index contributed by atoms with van der Waals surface area (Å²) in [6.07, 6.45) is 0.463. The van der Waals surface area contributed by atoms with Crippen LogP contribution in [0.4, 0.5) is 0 Å². The highest BCUT2D eigenvalue weighted by atomic mass is 16.5. The first-order chi connectivity index (χ1) is 10.3. The van der Waals surface area contributed by atoms with Gasteiger partial charge in [-0.3, -0.25) is 0 Å². The van der Waals surface area contributed by atoms with Crippen LogP contribution in [0, 0.1) is 0 Å². The highest BCUT2D eigenvalue weighted by Gasteiger charge is 2.26. The second-order valence-corrected chi connectivity index (χ2v) is 5.33. The van der Waals surface area contributed by atoms with Crippen LogP contribution in [0.25, 0.3) is 0 Å². The Bertz CT molecular complexity index is 594. The third-order valence-corrected chi connectivity index (χ3v) is 4.00. The van der Waals surface area contributed by atoms with Crippen molar-refractivity contribution in [2.45, 2.75) is 25.5 Å². The number of hydrogen-bond donors (Lipinski definition) is 2. The molecule has 3 heteroatoms. The molecule has 0 saturated carbocycles. The lowest BCUT2D eigenvalue weighted by Crippen LogP contribution is -2.33. The zero-order valence-electron chi connectivity index (χ0n) is 12.3. The average Bonchev–Trinajstić information content (AvgIpc) is 2.55. The molecule has 0 saturated heterocycles. The van der Waals surface area contributed by atoms with E-state index in [0.717, 1.165) is 24.3 Å². The van der Waals surface area contributed by atoms with Gasteiger partial charge in [0, 0.05) is 0 Å². The predicted octanol–water partition coefficient (Wildman–Crippen LogP) is 3.01. The largest absolute Gasteiger partial charge is 0.494 e. The fraction of sp³-hybridized carbons (Fsp3) is 0.333. The topological polar surface area (TPSA) is 41.5 Å². The summed E-state index contributed by atoms with van der Waals surface area (Å²) in [6.45, 7) is 3.51. The van der Waals surface area contributed by atoms with Gasteiger partial charge in [-0.15, -0.1) is 0 Å². The summed E-state index contributed by atoms with van der Waals surface area (Å²) in [5.74, 6) is 0.838. The number of ether oxygens (including phenoxy) is 1. The van der Waals surface area contributed by atoms with Gasteiger partial charge in [0.05, 0.1) is 18.8 Å². The van der Waals surface area contributed by atoms with Crippen molar-refractivity contribution in [2.75, 3.05) is 13.2 Å². The van der Waals surface area contributed by atoms with Crippen molar-refractivity contribution >= 4 is 0 Å². The lowest BCUT2D eigenvalue weighted by atomic mass is 9.88. The quantitative estimate of drug-likeness (QED) is 0.906. The molecule has 1 aliphatic rings. The van der Waals surface area contributed by atoms with Crippen LogP contribution in [0.5, 0.6) is 5.75 Å². The first kappa shape index (κ1) is 14.1. The zero-order chi connectivity index (χ0) is 14.7. The zero-order valence-corrected chi connectivity index (χ0v) is 12.3. The third kappa shape index (κ3) is 2.94. The monoisotopic (exact) mass is 283 g/mol. The molecule has 2 aromatic rings. The summed E-state index contributed by atoms with van der Waals surface area (Å²) in [7, 11) is 0. The Morgan fingerprint density at radius 1 is 1.19 bits per heavy atom. The number of hydrogen-bond acceptors (Lipinski definition) is 3. The van der Waals surface area contributed by atoms with Gasteiger partial charge in [-0.05, 0) is 48.7 Å². The van der Waals surface area contributed by atoms with Crippen LogP contribution in [-0.4, -0.2) is 18.3 Å². The maximum absolute atomic E-state index is 10.7. The Balaban J connectivity index is 1.84. The van der Waals surface area contributed by atoms with Gasteiger partial charge in [0.25, 0.3) is 0 Å². The normalized spacial score (nSPS) is 18.9. The van der Waals surface area contributed by atoms with Crippen LogP contribution < -0.4 is 10.1 Å². The number of nitrogens with one attached hydrogen (secondary N) is 1. The second-order valence-electron chi connectivity index (χ2n) is 5.33. The van der Waals surface area contributed by atoms with E-state index >= 15 is 0 Å². The highest BCUT2D eigenvalue weighted by Crippen LogP contribution is 2.33. The molecule has 0 fully saturated rings. The molecule has 0 radical (unpaired) electrons. The van der Waals surface area contributed by atoms with Gasteiger partial charge in [-0.25, -0.2) is 0 Å². The van der Waals surface area contributed by atoms with Crippen molar-refractivity contribution in [1.29, 1.82) is 0 Å². The van der Waals surface area contributed by atoms with Crippen molar-refractivity contribution in [3.8, 4) is 5.75 Å². The maximum Gasteiger partial charge on any atom is 0.119 e. The number of fused-ring (bicyclic) bond motifs is 1. The van der Waals surface area contributed by atoms with Crippen molar-refractivity contribution in [2.24, 2.45) is 0 Å². The Morgan fingerprint density at radius 3 is 2.71 bits per heavy atom. The second kappa shape index (κ2) is 6.29. The van der Waals surface area contributed by atoms with Gasteiger partial charge in [0.2, 0.25) is 0 Å². The molecule has 110 valence electrons. The number of rotatable bonds is 4. The molecule has 0 spiro atoms. The number of aliphatic hydroxyl groups excluding tert-OH is 1. The van der Waals surface area contributed by atoms with Crippen molar-refractivity contribution < 1.29 is 9.84 Å². The fourth-order valence-electron chi connectivity index (χ4n) is 2.94. The Hall–Kier alpha value is -1.84. The smallest absolute Gasteiger partial charge is 0.119 e. The van der Waals surface area contributed by atoms with Gasteiger partial charge in [-0.2, -0.15) is 0 Å². The Morgan fingerprint density at radius 2 is 1.95 bits per heavy atom. The summed E-state index contributed by atoms with van der Waals surface area (Å²) in [5, 5.41) is 14.1. The molecular weight excluding hydrogens is 262 g/mol. The van der Waals surface area contributed by atoms with Crippen LogP contribution in [0.2, 0.25) is 0 Å². The minimum absolute atomic E-state index is 0.0482. The van der Waals surface area contributed by atoms with Crippen molar-refractivity contribution in [3.05, 3.63) is 65.2 Å². The van der Waals surface area contributed by atoms with E-state index in [1.807, 2.05) is 37.3 Å². The van der Waals surface area contributed by atoms with E-state index < -0.39 is 6.10 Å². The average molecular weight is 283 g/mol. The Kier molecular flexibility index (Phi) is 4.23. The maximum atomic E-state index is 10.7. The molecule has 2 unspecified atom stereocenters. The van der Waals surface area contributed by atoms with Gasteiger partial charge in [-0.1, -0.05) is 36.4 Å². The Labute approximate surface area is 125 Å². The summed E-state index contributed by atoms with van der Waals surface area (Å²) in [6, 6.07) is 16.0. The molecule has 3 nitrogen and oxygen atoms in total. The molecule has 0 aliphatic carbocycles. The lowest BCUT2D eigenvalue weighted by Gasteiger charge is -2.31. The molecule has 0 aromatic heterocycles. The molecule has 21 heavy (non-hydrogen) atoms. The summed E-state index contributed by atoms with van der Waals surface area (Å²) >= 11 is 0. The molecular formula is C18H21NO2. The van der Waals surface area contributed by atoms with Crippen molar-refractivity contribution in [3.63, 3.8) is 0 Å². The minimum Gasteiger partial charge on any atom is -0.494 e. The third-order valence-electron chi connectivity index (χ3n) is 4.00. The van der Waals surface area contributed by atoms with Crippen LogP contribution >= 0.6 is 0 Å². The van der Waals surface area contributed by atoms with E-state index in [9.17, 15) is 5.11 Å². The SMILES string of the molecule is CCOc1ccc(C(O)C2NCCc3ccccc32)cc1. The van der Waals surface area contributed by atoms with E-state index in [1.54, 1.807) is 0 Å². The summed E-state index contributed by atoms with van der Waals surface area (Å²) in [5.41, 5.74) is 3.43. The van der Waals surface area contributed by atoms with Crippen LogP contribution in [0.15, 0.2) is 48.5 Å². The van der Waals surface area contributed by atoms with E-state index in [1.165, 1.54) is 11.1 Å². The minimum atomic E-state index is -0.554. The van der Waals surface area contributed by atoms with Gasteiger partial charge >= 0.3 is 0 Å². The van der Waals surface area contributed by atoms with Crippen LogP contribution in [0.1, 0.15) is 35.8 Å². The number of aliphatic hydroxyl groups is 1. The molecule has 0 bridgehead atoms. The molecule has 1 heterocycles. The van der Waals surface area contributed by atoms with Gasteiger partial charge < -0.3 is 15.2 Å². The lowest BCUT2D eigenvalue weighted by molar-refractivity contribution is 0.125. The highest BCUT2D eigenvalue weighted by molar-refractivity contribution is 5.36. The van der Waals surface area contributed by atoms with Gasteiger partial charge in [0.15, 0.2) is 0 Å². The molecule has 3 rings (SSSR count). The first-order valence-corrected chi connectivity index (χ1v) is 7.51.